The van der Waals surface area contributed by atoms with Crippen LogP contribution in [0.3, 0.4) is 0 Å². The molecular formula is C28H54O2. The summed E-state index contributed by atoms with van der Waals surface area (Å²) in [6.07, 6.45) is 29.5. The number of hydrogen-bond acceptors (Lipinski definition) is 2. The van der Waals surface area contributed by atoms with Crippen molar-refractivity contribution in [1.29, 1.82) is 0 Å². The summed E-state index contributed by atoms with van der Waals surface area (Å²) in [5, 5.41) is 0. The largest absolute Gasteiger partial charge is 0.385 e. The highest BCUT2D eigenvalue weighted by Gasteiger charge is 2.06. The van der Waals surface area contributed by atoms with E-state index in [1.165, 1.54) is 109 Å². The van der Waals surface area contributed by atoms with E-state index in [0.717, 1.165) is 25.9 Å². The maximum atomic E-state index is 12.3. The molecule has 0 N–H and O–H groups in total. The van der Waals surface area contributed by atoms with Gasteiger partial charge in [0.15, 0.2) is 5.78 Å². The van der Waals surface area contributed by atoms with Crippen LogP contribution in [-0.4, -0.2) is 19.5 Å². The van der Waals surface area contributed by atoms with Gasteiger partial charge in [-0.1, -0.05) is 116 Å². The standard InChI is InChI=1S/C28H54O2/c1-4-6-8-10-13-17-21-27(22-18-14-11-9-7-5-2)24-25-28(29)23-19-15-12-16-20-26-30-3/h24-25,27H,4-23,26H2,1-3H3/b25-24-. The monoisotopic (exact) mass is 422 g/mol. The van der Waals surface area contributed by atoms with E-state index < -0.39 is 0 Å². The molecule has 0 heterocycles. The zero-order chi connectivity index (χ0) is 22.1. The van der Waals surface area contributed by atoms with Crippen molar-refractivity contribution in [3.63, 3.8) is 0 Å². The lowest BCUT2D eigenvalue weighted by atomic mass is 9.93. The Morgan fingerprint density at radius 1 is 0.667 bits per heavy atom. The minimum Gasteiger partial charge on any atom is -0.385 e. The summed E-state index contributed by atoms with van der Waals surface area (Å²) in [5.74, 6) is 0.947. The topological polar surface area (TPSA) is 26.3 Å². The van der Waals surface area contributed by atoms with Gasteiger partial charge in [0.25, 0.3) is 0 Å². The zero-order valence-corrected chi connectivity index (χ0v) is 20.9. The van der Waals surface area contributed by atoms with Crippen molar-refractivity contribution >= 4 is 5.78 Å². The van der Waals surface area contributed by atoms with Crippen LogP contribution >= 0.6 is 0 Å². The average molecular weight is 423 g/mol. The van der Waals surface area contributed by atoms with Gasteiger partial charge in [-0.2, -0.15) is 0 Å². The molecule has 0 spiro atoms. The van der Waals surface area contributed by atoms with E-state index in [2.05, 4.69) is 19.9 Å². The van der Waals surface area contributed by atoms with Crippen LogP contribution < -0.4 is 0 Å². The fraction of sp³-hybridized carbons (Fsp3) is 0.893. The van der Waals surface area contributed by atoms with Gasteiger partial charge in [0, 0.05) is 20.1 Å². The molecule has 0 aliphatic heterocycles. The van der Waals surface area contributed by atoms with Crippen LogP contribution in [0.5, 0.6) is 0 Å². The van der Waals surface area contributed by atoms with Crippen LogP contribution in [0.15, 0.2) is 12.2 Å². The highest BCUT2D eigenvalue weighted by molar-refractivity contribution is 5.89. The van der Waals surface area contributed by atoms with Gasteiger partial charge < -0.3 is 4.74 Å². The molecule has 0 aromatic carbocycles. The van der Waals surface area contributed by atoms with Gasteiger partial charge in [0.1, 0.15) is 0 Å². The molecule has 0 unspecified atom stereocenters. The first-order chi connectivity index (χ1) is 14.7. The van der Waals surface area contributed by atoms with Crippen LogP contribution in [0.1, 0.15) is 142 Å². The Balaban J connectivity index is 4.09. The summed E-state index contributed by atoms with van der Waals surface area (Å²) < 4.78 is 5.08. The molecule has 0 saturated heterocycles. The molecule has 0 aliphatic rings. The lowest BCUT2D eigenvalue weighted by Gasteiger charge is -2.13. The predicted octanol–water partition coefficient (Wildman–Crippen LogP) is 9.22. The van der Waals surface area contributed by atoms with Crippen molar-refractivity contribution < 1.29 is 9.53 Å². The first-order valence-electron chi connectivity index (χ1n) is 13.4. The third-order valence-corrected chi connectivity index (χ3v) is 6.18. The van der Waals surface area contributed by atoms with Gasteiger partial charge in [0.05, 0.1) is 0 Å². The smallest absolute Gasteiger partial charge is 0.155 e. The third-order valence-electron chi connectivity index (χ3n) is 6.18. The molecule has 0 aliphatic carbocycles. The van der Waals surface area contributed by atoms with Crippen molar-refractivity contribution in [3.8, 4) is 0 Å². The van der Waals surface area contributed by atoms with Crippen molar-refractivity contribution in [2.24, 2.45) is 5.92 Å². The lowest BCUT2D eigenvalue weighted by Crippen LogP contribution is -2.00. The second-order valence-corrected chi connectivity index (χ2v) is 9.21. The van der Waals surface area contributed by atoms with E-state index in [-0.39, 0.29) is 0 Å². The molecular weight excluding hydrogens is 368 g/mol. The molecule has 0 amide bonds. The summed E-state index contributed by atoms with van der Waals surface area (Å²) >= 11 is 0. The number of hydrogen-bond donors (Lipinski definition) is 0. The third kappa shape index (κ3) is 22.1. The molecule has 30 heavy (non-hydrogen) atoms. The molecule has 2 heteroatoms. The second kappa shape index (κ2) is 24.6. The summed E-state index contributed by atoms with van der Waals surface area (Å²) in [6.45, 7) is 5.42. The normalized spacial score (nSPS) is 11.7. The number of carbonyl (C=O) groups excluding carboxylic acids is 1. The molecule has 0 rings (SSSR count). The summed E-state index contributed by atoms with van der Waals surface area (Å²) in [7, 11) is 1.76. The summed E-state index contributed by atoms with van der Waals surface area (Å²) in [4.78, 5) is 12.3. The number of rotatable bonds is 24. The maximum Gasteiger partial charge on any atom is 0.155 e. The van der Waals surface area contributed by atoms with E-state index in [1.807, 2.05) is 6.08 Å². The molecule has 2 nitrogen and oxygen atoms in total. The molecule has 0 fully saturated rings. The lowest BCUT2D eigenvalue weighted by molar-refractivity contribution is -0.114. The highest BCUT2D eigenvalue weighted by atomic mass is 16.5. The number of carbonyl (C=O) groups is 1. The number of allylic oxidation sites excluding steroid dienone is 2. The number of ketones is 1. The van der Waals surface area contributed by atoms with Crippen molar-refractivity contribution in [1.82, 2.24) is 0 Å². The predicted molar refractivity (Wildman–Crippen MR) is 133 cm³/mol. The van der Waals surface area contributed by atoms with Gasteiger partial charge in [-0.05, 0) is 37.7 Å². The van der Waals surface area contributed by atoms with Crippen molar-refractivity contribution in [2.75, 3.05) is 13.7 Å². The number of ether oxygens (including phenoxy) is 1. The summed E-state index contributed by atoms with van der Waals surface area (Å²) in [6, 6.07) is 0. The van der Waals surface area contributed by atoms with Crippen LogP contribution in [0.4, 0.5) is 0 Å². The highest BCUT2D eigenvalue weighted by Crippen LogP contribution is 2.21. The Morgan fingerprint density at radius 3 is 1.67 bits per heavy atom. The molecule has 0 bridgehead atoms. The summed E-state index contributed by atoms with van der Waals surface area (Å²) in [5.41, 5.74) is 0. The van der Waals surface area contributed by atoms with Gasteiger partial charge in [-0.15, -0.1) is 0 Å². The molecule has 0 radical (unpaired) electrons. The van der Waals surface area contributed by atoms with E-state index in [4.69, 9.17) is 4.74 Å². The van der Waals surface area contributed by atoms with E-state index in [9.17, 15) is 4.79 Å². The van der Waals surface area contributed by atoms with Crippen LogP contribution in [0.25, 0.3) is 0 Å². The van der Waals surface area contributed by atoms with Gasteiger partial charge in [-0.25, -0.2) is 0 Å². The molecule has 0 aromatic rings. The van der Waals surface area contributed by atoms with Crippen LogP contribution in [0.2, 0.25) is 0 Å². The fourth-order valence-corrected chi connectivity index (χ4v) is 4.11. The SMILES string of the molecule is CCCCCCCCC(/C=C\C(=O)CCCCCCCOC)CCCCCCCC. The van der Waals surface area contributed by atoms with E-state index in [0.29, 0.717) is 11.7 Å². The van der Waals surface area contributed by atoms with Crippen LogP contribution in [0, 0.1) is 5.92 Å². The Kier molecular flexibility index (Phi) is 24.1. The molecule has 178 valence electrons. The minimum absolute atomic E-state index is 0.336. The molecule has 0 atom stereocenters. The zero-order valence-electron chi connectivity index (χ0n) is 20.9. The van der Waals surface area contributed by atoms with Gasteiger partial charge >= 0.3 is 0 Å². The average Bonchev–Trinajstić information content (AvgIpc) is 2.75. The van der Waals surface area contributed by atoms with Crippen molar-refractivity contribution in [3.05, 3.63) is 12.2 Å². The Morgan fingerprint density at radius 2 is 1.13 bits per heavy atom. The van der Waals surface area contributed by atoms with Gasteiger partial charge in [-0.3, -0.25) is 4.79 Å². The second-order valence-electron chi connectivity index (χ2n) is 9.21. The van der Waals surface area contributed by atoms with E-state index in [1.54, 1.807) is 7.11 Å². The number of methoxy groups -OCH3 is 1. The van der Waals surface area contributed by atoms with Crippen molar-refractivity contribution in [2.45, 2.75) is 142 Å². The fourth-order valence-electron chi connectivity index (χ4n) is 4.11. The number of unbranched alkanes of at least 4 members (excludes halogenated alkanes) is 14. The Hall–Kier alpha value is -0.630. The van der Waals surface area contributed by atoms with E-state index >= 15 is 0 Å². The minimum atomic E-state index is 0.336. The molecule has 0 saturated carbocycles. The Labute approximate surface area is 189 Å². The quantitative estimate of drug-likeness (QED) is 0.114. The molecule has 0 aromatic heterocycles. The maximum absolute atomic E-state index is 12.3. The van der Waals surface area contributed by atoms with Crippen LogP contribution in [-0.2, 0) is 9.53 Å². The Bertz CT molecular complexity index is 359. The first-order valence-corrected chi connectivity index (χ1v) is 13.4. The first kappa shape index (κ1) is 29.4. The van der Waals surface area contributed by atoms with Gasteiger partial charge in [0.2, 0.25) is 0 Å².